The first-order valence-corrected chi connectivity index (χ1v) is 7.97. The van der Waals surface area contributed by atoms with Crippen molar-refractivity contribution in [2.24, 2.45) is 5.92 Å². The smallest absolute Gasteiger partial charge is 0.0412 e. The summed E-state index contributed by atoms with van der Waals surface area (Å²) in [6.45, 7) is 0. The van der Waals surface area contributed by atoms with Gasteiger partial charge in [-0.15, -0.1) is 11.3 Å². The van der Waals surface area contributed by atoms with Gasteiger partial charge in [0.2, 0.25) is 0 Å². The van der Waals surface area contributed by atoms with E-state index in [1.807, 2.05) is 0 Å². The molecule has 1 nitrogen and oxygen atoms in total. The van der Waals surface area contributed by atoms with E-state index in [4.69, 9.17) is 0 Å². The predicted octanol–water partition coefficient (Wildman–Crippen LogP) is 4.08. The monoisotopic (exact) mass is 249 g/mol. The van der Waals surface area contributed by atoms with E-state index >= 15 is 0 Å². The minimum atomic E-state index is 0.617. The number of hydrogen-bond acceptors (Lipinski definition) is 2. The van der Waals surface area contributed by atoms with Crippen molar-refractivity contribution < 1.29 is 0 Å². The fourth-order valence-electron chi connectivity index (χ4n) is 2.92. The Hall–Kier alpha value is -0.340. The van der Waals surface area contributed by atoms with Crippen LogP contribution in [0.25, 0.3) is 0 Å². The molecule has 1 unspecified atom stereocenters. The van der Waals surface area contributed by atoms with Crippen LogP contribution in [-0.4, -0.2) is 7.05 Å². The molecule has 1 aromatic rings. The molecule has 3 rings (SSSR count). The van der Waals surface area contributed by atoms with Gasteiger partial charge in [-0.05, 0) is 63.1 Å². The molecule has 1 aromatic heterocycles. The van der Waals surface area contributed by atoms with Gasteiger partial charge in [-0.2, -0.15) is 0 Å². The molecule has 17 heavy (non-hydrogen) atoms. The third-order valence-electron chi connectivity index (χ3n) is 4.27. The average Bonchev–Trinajstić information content (AvgIpc) is 3.08. The summed E-state index contributed by atoms with van der Waals surface area (Å²) in [6.07, 6.45) is 11.2. The molecule has 94 valence electrons. The molecular weight excluding hydrogens is 226 g/mol. The minimum Gasteiger partial charge on any atom is -0.312 e. The number of rotatable bonds is 5. The lowest BCUT2D eigenvalue weighted by atomic mass is 9.98. The van der Waals surface area contributed by atoms with Crippen LogP contribution in [0.5, 0.6) is 0 Å². The summed E-state index contributed by atoms with van der Waals surface area (Å²) in [5, 5.41) is 3.52. The van der Waals surface area contributed by atoms with Crippen molar-refractivity contribution in [2.45, 2.75) is 57.4 Å². The average molecular weight is 249 g/mol. The second kappa shape index (κ2) is 5.11. The van der Waals surface area contributed by atoms with Gasteiger partial charge in [-0.3, -0.25) is 0 Å². The molecule has 2 aliphatic carbocycles. The third kappa shape index (κ3) is 2.74. The molecule has 1 saturated carbocycles. The van der Waals surface area contributed by atoms with Crippen molar-refractivity contribution in [3.05, 3.63) is 21.4 Å². The first-order valence-electron chi connectivity index (χ1n) is 7.15. The summed E-state index contributed by atoms with van der Waals surface area (Å²) in [6, 6.07) is 3.11. The predicted molar refractivity (Wildman–Crippen MR) is 74.7 cm³/mol. The van der Waals surface area contributed by atoms with Gasteiger partial charge in [0.05, 0.1) is 0 Å². The maximum atomic E-state index is 3.52. The Labute approximate surface area is 109 Å². The Kier molecular flexibility index (Phi) is 3.53. The zero-order chi connectivity index (χ0) is 11.7. The summed E-state index contributed by atoms with van der Waals surface area (Å²) in [7, 11) is 2.12. The van der Waals surface area contributed by atoms with E-state index in [0.717, 1.165) is 5.92 Å². The number of nitrogens with one attached hydrogen (secondary N) is 1. The van der Waals surface area contributed by atoms with Crippen molar-refractivity contribution in [1.29, 1.82) is 0 Å². The Morgan fingerprint density at radius 2 is 2.18 bits per heavy atom. The standard InChI is InChI=1S/C15H23NS/c1-16-13(9-8-11-6-7-11)15-10-12-4-2-3-5-14(12)17-15/h10-11,13,16H,2-9H2,1H3. The first-order chi connectivity index (χ1) is 8.36. The number of hydrogen-bond donors (Lipinski definition) is 1. The molecule has 1 atom stereocenters. The molecule has 0 radical (unpaired) electrons. The largest absolute Gasteiger partial charge is 0.312 e. The van der Waals surface area contributed by atoms with Gasteiger partial charge in [0.1, 0.15) is 0 Å². The maximum Gasteiger partial charge on any atom is 0.0412 e. The van der Waals surface area contributed by atoms with Crippen LogP contribution in [0.1, 0.15) is 59.9 Å². The van der Waals surface area contributed by atoms with Gasteiger partial charge >= 0.3 is 0 Å². The van der Waals surface area contributed by atoms with E-state index < -0.39 is 0 Å². The van der Waals surface area contributed by atoms with Crippen LogP contribution in [0.3, 0.4) is 0 Å². The molecule has 0 saturated heterocycles. The molecule has 1 N–H and O–H groups in total. The van der Waals surface area contributed by atoms with E-state index in [2.05, 4.69) is 29.8 Å². The van der Waals surface area contributed by atoms with Crippen molar-refractivity contribution >= 4 is 11.3 Å². The van der Waals surface area contributed by atoms with Crippen molar-refractivity contribution in [1.82, 2.24) is 5.32 Å². The second-order valence-electron chi connectivity index (χ2n) is 5.67. The van der Waals surface area contributed by atoms with Crippen LogP contribution >= 0.6 is 11.3 Å². The highest BCUT2D eigenvalue weighted by molar-refractivity contribution is 7.12. The van der Waals surface area contributed by atoms with Crippen LogP contribution in [0, 0.1) is 5.92 Å². The Morgan fingerprint density at radius 1 is 1.35 bits per heavy atom. The highest BCUT2D eigenvalue weighted by Gasteiger charge is 2.24. The van der Waals surface area contributed by atoms with Crippen LogP contribution in [0.15, 0.2) is 6.07 Å². The zero-order valence-corrected chi connectivity index (χ0v) is 11.6. The fourth-order valence-corrected chi connectivity index (χ4v) is 4.33. The number of thiophene rings is 1. The van der Waals surface area contributed by atoms with Gasteiger partial charge in [0.15, 0.2) is 0 Å². The molecule has 0 amide bonds. The molecular formula is C15H23NS. The van der Waals surface area contributed by atoms with Gasteiger partial charge < -0.3 is 5.32 Å². The van der Waals surface area contributed by atoms with Crippen LogP contribution in [-0.2, 0) is 12.8 Å². The van der Waals surface area contributed by atoms with Gasteiger partial charge in [0.25, 0.3) is 0 Å². The Bertz CT molecular complexity index is 355. The molecule has 2 aliphatic rings. The van der Waals surface area contributed by atoms with E-state index in [0.29, 0.717) is 6.04 Å². The van der Waals surface area contributed by atoms with Crippen LogP contribution in [0.2, 0.25) is 0 Å². The van der Waals surface area contributed by atoms with Crippen LogP contribution < -0.4 is 5.32 Å². The molecule has 0 spiro atoms. The highest BCUT2D eigenvalue weighted by Crippen LogP contribution is 2.38. The van der Waals surface area contributed by atoms with E-state index in [9.17, 15) is 0 Å². The highest BCUT2D eigenvalue weighted by atomic mass is 32.1. The lowest BCUT2D eigenvalue weighted by molar-refractivity contribution is 0.513. The van der Waals surface area contributed by atoms with E-state index in [1.54, 1.807) is 15.3 Å². The summed E-state index contributed by atoms with van der Waals surface area (Å²) in [4.78, 5) is 3.28. The first kappa shape index (κ1) is 11.7. The Balaban J connectivity index is 1.68. The molecule has 2 heteroatoms. The quantitative estimate of drug-likeness (QED) is 0.829. The van der Waals surface area contributed by atoms with E-state index in [1.165, 1.54) is 51.4 Å². The van der Waals surface area contributed by atoms with Crippen molar-refractivity contribution in [3.63, 3.8) is 0 Å². The molecule has 0 bridgehead atoms. The summed E-state index contributed by atoms with van der Waals surface area (Å²) in [5.41, 5.74) is 1.66. The summed E-state index contributed by atoms with van der Waals surface area (Å²) >= 11 is 2.08. The molecule has 0 aromatic carbocycles. The summed E-state index contributed by atoms with van der Waals surface area (Å²) < 4.78 is 0. The molecule has 1 heterocycles. The van der Waals surface area contributed by atoms with Gasteiger partial charge in [-0.25, -0.2) is 0 Å². The maximum absolute atomic E-state index is 3.52. The summed E-state index contributed by atoms with van der Waals surface area (Å²) in [5.74, 6) is 1.06. The normalized spacial score (nSPS) is 21.2. The SMILES string of the molecule is CNC(CCC1CC1)c1cc2c(s1)CCCC2. The molecule has 0 aliphatic heterocycles. The topological polar surface area (TPSA) is 12.0 Å². The third-order valence-corrected chi connectivity index (χ3v) is 5.62. The van der Waals surface area contributed by atoms with Gasteiger partial charge in [0, 0.05) is 15.8 Å². The van der Waals surface area contributed by atoms with Crippen molar-refractivity contribution in [2.75, 3.05) is 7.05 Å². The van der Waals surface area contributed by atoms with Crippen LogP contribution in [0.4, 0.5) is 0 Å². The number of fused-ring (bicyclic) bond motifs is 1. The number of aryl methyl sites for hydroxylation is 2. The lowest BCUT2D eigenvalue weighted by Gasteiger charge is -2.13. The second-order valence-corrected chi connectivity index (χ2v) is 6.83. The van der Waals surface area contributed by atoms with Crippen molar-refractivity contribution in [3.8, 4) is 0 Å². The lowest BCUT2D eigenvalue weighted by Crippen LogP contribution is -2.15. The Morgan fingerprint density at radius 3 is 2.88 bits per heavy atom. The van der Waals surface area contributed by atoms with E-state index in [-0.39, 0.29) is 0 Å². The minimum absolute atomic E-state index is 0.617. The van der Waals surface area contributed by atoms with Gasteiger partial charge in [-0.1, -0.05) is 12.8 Å². The zero-order valence-electron chi connectivity index (χ0n) is 10.8. The fraction of sp³-hybridized carbons (Fsp3) is 0.733. The molecule has 1 fully saturated rings.